The number of ether oxygens (including phenoxy) is 1. The maximum atomic E-state index is 13.7. The molecule has 0 saturated carbocycles. The number of carbonyl (C=O) groups is 2. The number of amides is 1. The number of methoxy groups -OCH3 is 1. The Morgan fingerprint density at radius 1 is 1.19 bits per heavy atom. The second-order valence-corrected chi connectivity index (χ2v) is 6.05. The highest BCUT2D eigenvalue weighted by Crippen LogP contribution is 2.23. The first-order chi connectivity index (χ1) is 12.4. The van der Waals surface area contributed by atoms with Crippen molar-refractivity contribution in [2.24, 2.45) is 5.92 Å². The molecule has 2 N–H and O–H groups in total. The molecule has 1 amide bonds. The number of carbonyl (C=O) groups excluding carboxylic acids is 1. The van der Waals surface area contributed by atoms with Crippen LogP contribution in [0.25, 0.3) is 0 Å². The van der Waals surface area contributed by atoms with Crippen molar-refractivity contribution in [2.75, 3.05) is 7.11 Å². The number of halogens is 1. The molecule has 0 saturated heterocycles. The molecule has 0 aliphatic rings. The molecule has 0 heterocycles. The van der Waals surface area contributed by atoms with Gasteiger partial charge < -0.3 is 15.2 Å². The van der Waals surface area contributed by atoms with Gasteiger partial charge in [-0.2, -0.15) is 0 Å². The van der Waals surface area contributed by atoms with Crippen molar-refractivity contribution in [1.82, 2.24) is 5.32 Å². The van der Waals surface area contributed by atoms with Crippen LogP contribution in [-0.4, -0.2) is 24.1 Å². The zero-order valence-electron chi connectivity index (χ0n) is 14.7. The van der Waals surface area contributed by atoms with Gasteiger partial charge in [0.25, 0.3) is 0 Å². The molecule has 2 unspecified atom stereocenters. The minimum atomic E-state index is -0.989. The third-order valence-electron chi connectivity index (χ3n) is 4.22. The number of carboxylic acids is 1. The summed E-state index contributed by atoms with van der Waals surface area (Å²) >= 11 is 0. The Kier molecular flexibility index (Phi) is 6.72. The number of hydrogen-bond acceptors (Lipinski definition) is 3. The van der Waals surface area contributed by atoms with E-state index in [9.17, 15) is 19.1 Å². The van der Waals surface area contributed by atoms with Gasteiger partial charge >= 0.3 is 5.97 Å². The molecule has 0 fully saturated rings. The number of aryl methyl sites for hydroxylation is 1. The maximum absolute atomic E-state index is 13.7. The number of rotatable bonds is 8. The first kappa shape index (κ1) is 19.4. The maximum Gasteiger partial charge on any atom is 0.308 e. The molecule has 0 radical (unpaired) electrons. The molecular formula is C20H22FNO4. The third-order valence-corrected chi connectivity index (χ3v) is 4.22. The van der Waals surface area contributed by atoms with Crippen molar-refractivity contribution < 1.29 is 23.8 Å². The highest BCUT2D eigenvalue weighted by molar-refractivity contribution is 5.78. The first-order valence-corrected chi connectivity index (χ1v) is 8.32. The summed E-state index contributed by atoms with van der Waals surface area (Å²) < 4.78 is 18.6. The molecular weight excluding hydrogens is 337 g/mol. The molecule has 26 heavy (non-hydrogen) atoms. The van der Waals surface area contributed by atoms with E-state index in [4.69, 9.17) is 4.74 Å². The van der Waals surface area contributed by atoms with E-state index in [1.165, 1.54) is 19.2 Å². The molecule has 2 rings (SSSR count). The molecule has 5 nitrogen and oxygen atoms in total. The van der Waals surface area contributed by atoms with Crippen molar-refractivity contribution in [1.29, 1.82) is 0 Å². The summed E-state index contributed by atoms with van der Waals surface area (Å²) in [4.78, 5) is 23.7. The third kappa shape index (κ3) is 5.05. The van der Waals surface area contributed by atoms with Crippen LogP contribution in [0.3, 0.4) is 0 Å². The molecule has 2 aromatic rings. The Hall–Kier alpha value is -2.89. The number of hydrogen-bond donors (Lipinski definition) is 2. The first-order valence-electron chi connectivity index (χ1n) is 8.32. The van der Waals surface area contributed by atoms with Gasteiger partial charge in [-0.3, -0.25) is 9.59 Å². The van der Waals surface area contributed by atoms with Gasteiger partial charge in [0, 0.05) is 6.42 Å². The summed E-state index contributed by atoms with van der Waals surface area (Å²) in [6.07, 6.45) is 0.469. The normalized spacial score (nSPS) is 12.9. The predicted molar refractivity (Wildman–Crippen MR) is 95.4 cm³/mol. The highest BCUT2D eigenvalue weighted by Gasteiger charge is 2.26. The zero-order valence-corrected chi connectivity index (χ0v) is 14.7. The Morgan fingerprint density at radius 2 is 1.88 bits per heavy atom. The lowest BCUT2D eigenvalue weighted by atomic mass is 9.94. The van der Waals surface area contributed by atoms with Gasteiger partial charge in [0.2, 0.25) is 5.91 Å². The molecule has 2 atom stereocenters. The summed E-state index contributed by atoms with van der Waals surface area (Å²) in [5.41, 5.74) is 1.40. The zero-order chi connectivity index (χ0) is 19.1. The van der Waals surface area contributed by atoms with Crippen LogP contribution in [0.2, 0.25) is 0 Å². The van der Waals surface area contributed by atoms with E-state index in [0.29, 0.717) is 12.0 Å². The second kappa shape index (κ2) is 8.99. The van der Waals surface area contributed by atoms with Crippen LogP contribution < -0.4 is 10.1 Å². The van der Waals surface area contributed by atoms with E-state index in [0.717, 1.165) is 5.56 Å². The monoisotopic (exact) mass is 359 g/mol. The van der Waals surface area contributed by atoms with Crippen molar-refractivity contribution in [3.8, 4) is 5.75 Å². The Balaban J connectivity index is 2.03. The van der Waals surface area contributed by atoms with Crippen LogP contribution >= 0.6 is 0 Å². The minimum absolute atomic E-state index is 0.126. The van der Waals surface area contributed by atoms with Crippen LogP contribution in [0.1, 0.15) is 30.5 Å². The fourth-order valence-corrected chi connectivity index (χ4v) is 2.67. The molecule has 0 aromatic heterocycles. The summed E-state index contributed by atoms with van der Waals surface area (Å²) in [7, 11) is 1.39. The molecule has 0 spiro atoms. The quantitative estimate of drug-likeness (QED) is 0.758. The van der Waals surface area contributed by atoms with Crippen LogP contribution in [-0.2, 0) is 16.0 Å². The van der Waals surface area contributed by atoms with Crippen molar-refractivity contribution in [2.45, 2.75) is 25.8 Å². The fourth-order valence-electron chi connectivity index (χ4n) is 2.67. The number of aliphatic carboxylic acids is 1. The SMILES string of the molecule is COc1ccc(CCC(=O)NC(c2ccccc2)C(C)C(=O)O)cc1F. The van der Waals surface area contributed by atoms with E-state index in [1.54, 1.807) is 37.3 Å². The van der Waals surface area contributed by atoms with Crippen LogP contribution in [0.5, 0.6) is 5.75 Å². The molecule has 0 aliphatic heterocycles. The lowest BCUT2D eigenvalue weighted by molar-refractivity contribution is -0.142. The largest absolute Gasteiger partial charge is 0.494 e. The number of nitrogens with one attached hydrogen (secondary N) is 1. The molecule has 138 valence electrons. The van der Waals surface area contributed by atoms with Crippen LogP contribution in [0.15, 0.2) is 48.5 Å². The van der Waals surface area contributed by atoms with Gasteiger partial charge in [0.05, 0.1) is 19.1 Å². The summed E-state index contributed by atoms with van der Waals surface area (Å²) in [5, 5.41) is 12.1. The van der Waals surface area contributed by atoms with E-state index >= 15 is 0 Å². The number of benzene rings is 2. The summed E-state index contributed by atoms with van der Waals surface area (Å²) in [6, 6.07) is 12.9. The Labute approximate surface area is 151 Å². The minimum Gasteiger partial charge on any atom is -0.494 e. The average Bonchev–Trinajstić information content (AvgIpc) is 2.64. The topological polar surface area (TPSA) is 75.6 Å². The van der Waals surface area contributed by atoms with Gasteiger partial charge in [0.15, 0.2) is 11.6 Å². The average molecular weight is 359 g/mol. The Bertz CT molecular complexity index is 764. The van der Waals surface area contributed by atoms with Crippen LogP contribution in [0, 0.1) is 11.7 Å². The van der Waals surface area contributed by atoms with Gasteiger partial charge in [-0.15, -0.1) is 0 Å². The molecule has 6 heteroatoms. The highest BCUT2D eigenvalue weighted by atomic mass is 19.1. The smallest absolute Gasteiger partial charge is 0.308 e. The van der Waals surface area contributed by atoms with Crippen molar-refractivity contribution in [3.05, 3.63) is 65.5 Å². The standard InChI is InChI=1S/C20H22FNO4/c1-13(20(24)25)19(15-6-4-3-5-7-15)22-18(23)11-9-14-8-10-17(26-2)16(21)12-14/h3-8,10,12-13,19H,9,11H2,1-2H3,(H,22,23)(H,24,25). The number of carboxylic acid groups (broad SMARTS) is 1. The van der Waals surface area contributed by atoms with Gasteiger partial charge in [-0.05, 0) is 36.6 Å². The second-order valence-electron chi connectivity index (χ2n) is 6.05. The van der Waals surface area contributed by atoms with Gasteiger partial charge in [0.1, 0.15) is 0 Å². The lowest BCUT2D eigenvalue weighted by Crippen LogP contribution is -2.35. The molecule has 2 aromatic carbocycles. The van der Waals surface area contributed by atoms with Gasteiger partial charge in [-0.25, -0.2) is 4.39 Å². The fraction of sp³-hybridized carbons (Fsp3) is 0.300. The summed E-state index contributed by atoms with van der Waals surface area (Å²) in [6.45, 7) is 1.55. The van der Waals surface area contributed by atoms with Crippen molar-refractivity contribution >= 4 is 11.9 Å². The Morgan fingerprint density at radius 3 is 2.46 bits per heavy atom. The molecule has 0 aliphatic carbocycles. The summed E-state index contributed by atoms with van der Waals surface area (Å²) in [5.74, 6) is -2.39. The van der Waals surface area contributed by atoms with Gasteiger partial charge in [-0.1, -0.05) is 36.4 Å². The molecule has 0 bridgehead atoms. The van der Waals surface area contributed by atoms with Crippen molar-refractivity contribution in [3.63, 3.8) is 0 Å². The van der Waals surface area contributed by atoms with E-state index in [1.807, 2.05) is 6.07 Å². The van der Waals surface area contributed by atoms with E-state index in [2.05, 4.69) is 5.32 Å². The van der Waals surface area contributed by atoms with Crippen LogP contribution in [0.4, 0.5) is 4.39 Å². The van der Waals surface area contributed by atoms with E-state index < -0.39 is 23.7 Å². The lowest BCUT2D eigenvalue weighted by Gasteiger charge is -2.23. The predicted octanol–water partition coefficient (Wildman–Crippen LogP) is 3.35. The van der Waals surface area contributed by atoms with E-state index in [-0.39, 0.29) is 18.1 Å².